The number of aromatic nitrogens is 1. The van der Waals surface area contributed by atoms with Crippen LogP contribution in [0.4, 0.5) is 11.4 Å². The van der Waals surface area contributed by atoms with E-state index in [9.17, 15) is 14.4 Å². The third-order valence-corrected chi connectivity index (χ3v) is 6.59. The van der Waals surface area contributed by atoms with E-state index in [1.807, 2.05) is 13.8 Å². The molecule has 1 fully saturated rings. The highest BCUT2D eigenvalue weighted by molar-refractivity contribution is 7.09. The van der Waals surface area contributed by atoms with E-state index in [1.54, 1.807) is 24.3 Å². The van der Waals surface area contributed by atoms with E-state index in [0.29, 0.717) is 17.1 Å². The zero-order chi connectivity index (χ0) is 23.4. The molecule has 0 aliphatic heterocycles. The first kappa shape index (κ1) is 24.0. The van der Waals surface area contributed by atoms with Crippen molar-refractivity contribution in [3.05, 3.63) is 39.9 Å². The first-order valence-corrected chi connectivity index (χ1v) is 11.8. The average molecular weight is 478 g/mol. The minimum Gasteiger partial charge on any atom is -0.395 e. The van der Waals surface area contributed by atoms with Crippen LogP contribution in [0, 0.1) is 5.92 Å². The molecule has 32 heavy (non-hydrogen) atoms. The summed E-state index contributed by atoms with van der Waals surface area (Å²) in [6, 6.07) is 6.01. The number of benzene rings is 1. The van der Waals surface area contributed by atoms with Crippen molar-refractivity contribution in [2.75, 3.05) is 10.6 Å². The van der Waals surface area contributed by atoms with Gasteiger partial charge in [0.2, 0.25) is 5.91 Å². The number of nitrogens with two attached hydrogens (primary N) is 2. The van der Waals surface area contributed by atoms with Crippen molar-refractivity contribution in [1.82, 2.24) is 9.69 Å². The summed E-state index contributed by atoms with van der Waals surface area (Å²) in [4.78, 5) is 40.2. The molecule has 172 valence electrons. The molecule has 0 unspecified atom stereocenters. The maximum absolute atomic E-state index is 13.7. The van der Waals surface area contributed by atoms with Gasteiger partial charge in [-0.05, 0) is 61.0 Å². The second kappa shape index (κ2) is 10.3. The minimum atomic E-state index is -0.812. The van der Waals surface area contributed by atoms with Gasteiger partial charge >= 0.3 is 0 Å². The number of halogens is 1. The number of rotatable bonds is 8. The predicted molar refractivity (Wildman–Crippen MR) is 127 cm³/mol. The van der Waals surface area contributed by atoms with Crippen molar-refractivity contribution in [2.24, 2.45) is 11.7 Å². The molecule has 0 spiro atoms. The topological polar surface area (TPSA) is 131 Å². The van der Waals surface area contributed by atoms with Crippen molar-refractivity contribution >= 4 is 52.2 Å². The summed E-state index contributed by atoms with van der Waals surface area (Å²) in [6.07, 6.45) is 4.45. The van der Waals surface area contributed by atoms with Gasteiger partial charge in [-0.2, -0.15) is 4.37 Å². The van der Waals surface area contributed by atoms with Gasteiger partial charge in [-0.25, -0.2) is 0 Å². The largest absolute Gasteiger partial charge is 0.395 e. The van der Waals surface area contributed by atoms with Crippen molar-refractivity contribution in [1.29, 1.82) is 0 Å². The number of carbonyl (C=O) groups excluding carboxylic acids is 3. The van der Waals surface area contributed by atoms with Gasteiger partial charge in [-0.15, -0.1) is 0 Å². The molecule has 8 nitrogen and oxygen atoms in total. The predicted octanol–water partition coefficient (Wildman–Crippen LogP) is 3.60. The number of amides is 3. The van der Waals surface area contributed by atoms with E-state index in [1.165, 1.54) is 4.90 Å². The number of primary amides is 1. The maximum Gasteiger partial charge on any atom is 0.272 e. The third-order valence-electron chi connectivity index (χ3n) is 5.49. The second-order valence-corrected chi connectivity index (χ2v) is 9.63. The van der Waals surface area contributed by atoms with Gasteiger partial charge in [0.05, 0.1) is 5.69 Å². The Labute approximate surface area is 196 Å². The van der Waals surface area contributed by atoms with E-state index < -0.39 is 17.9 Å². The minimum absolute atomic E-state index is 0.0659. The summed E-state index contributed by atoms with van der Waals surface area (Å²) in [7, 11) is 0. The molecular weight excluding hydrogens is 450 g/mol. The summed E-state index contributed by atoms with van der Waals surface area (Å²) in [5, 5.41) is 3.62. The smallest absolute Gasteiger partial charge is 0.272 e. The number of hydrogen-bond donors (Lipinski definition) is 3. The number of nitrogens with one attached hydrogen (secondary N) is 1. The molecule has 0 bridgehead atoms. The van der Waals surface area contributed by atoms with Gasteiger partial charge in [-0.3, -0.25) is 19.3 Å². The third kappa shape index (κ3) is 5.39. The molecule has 1 aromatic heterocycles. The monoisotopic (exact) mass is 477 g/mol. The van der Waals surface area contributed by atoms with E-state index in [2.05, 4.69) is 9.69 Å². The lowest BCUT2D eigenvalue weighted by molar-refractivity contribution is -0.123. The molecule has 1 saturated carbocycles. The molecule has 0 radical (unpaired) electrons. The van der Waals surface area contributed by atoms with Crippen LogP contribution in [-0.2, 0) is 4.79 Å². The van der Waals surface area contributed by atoms with Crippen LogP contribution in [0.15, 0.2) is 24.3 Å². The summed E-state index contributed by atoms with van der Waals surface area (Å²) < 4.78 is 3.95. The summed E-state index contributed by atoms with van der Waals surface area (Å²) in [5.74, 6) is -1.40. The summed E-state index contributed by atoms with van der Waals surface area (Å²) in [6.45, 7) is 3.99. The van der Waals surface area contributed by atoms with E-state index in [4.69, 9.17) is 23.1 Å². The first-order valence-electron chi connectivity index (χ1n) is 10.6. The number of hydrogen-bond acceptors (Lipinski definition) is 6. The van der Waals surface area contributed by atoms with E-state index in [0.717, 1.165) is 37.2 Å². The fourth-order valence-corrected chi connectivity index (χ4v) is 4.79. The highest BCUT2D eigenvalue weighted by atomic mass is 35.5. The first-order chi connectivity index (χ1) is 15.2. The van der Waals surface area contributed by atoms with Gasteiger partial charge in [-0.1, -0.05) is 38.3 Å². The normalized spacial score (nSPS) is 15.0. The Bertz CT molecular complexity index is 986. The van der Waals surface area contributed by atoms with E-state index >= 15 is 0 Å². The van der Waals surface area contributed by atoms with Crippen LogP contribution in [0.1, 0.15) is 66.1 Å². The van der Waals surface area contributed by atoms with Crippen molar-refractivity contribution in [3.8, 4) is 0 Å². The Morgan fingerprint density at radius 3 is 2.38 bits per heavy atom. The molecule has 10 heteroatoms. The Morgan fingerprint density at radius 2 is 1.84 bits per heavy atom. The van der Waals surface area contributed by atoms with Crippen molar-refractivity contribution < 1.29 is 14.4 Å². The molecule has 0 saturated heterocycles. The van der Waals surface area contributed by atoms with Crippen LogP contribution in [0.3, 0.4) is 0 Å². The quantitative estimate of drug-likeness (QED) is 0.534. The highest BCUT2D eigenvalue weighted by Gasteiger charge is 2.36. The molecular formula is C22H28ClN5O3S. The Kier molecular flexibility index (Phi) is 7.73. The standard InChI is InChI=1S/C22H28ClN5O3S/c1-12(2)11-16(21(30)26-14-5-3-4-6-14)28(15-9-7-13(23)8-10-15)22(31)19-17(24)18(20(25)29)27-32-19/h7-10,12,14,16H,3-6,11,24H2,1-2H3,(H2,25,29)(H,26,30)/t16-/m0/s1. The number of nitrogens with zero attached hydrogens (tertiary/aromatic N) is 2. The molecule has 1 atom stereocenters. The van der Waals surface area contributed by atoms with Gasteiger partial charge in [0, 0.05) is 16.8 Å². The second-order valence-electron chi connectivity index (χ2n) is 8.43. The lowest BCUT2D eigenvalue weighted by Crippen LogP contribution is -2.52. The lowest BCUT2D eigenvalue weighted by atomic mass is 9.99. The maximum atomic E-state index is 13.7. The van der Waals surface area contributed by atoms with Crippen molar-refractivity contribution in [2.45, 2.75) is 58.0 Å². The number of nitrogen functional groups attached to an aromatic ring is 1. The molecule has 1 aromatic carbocycles. The molecule has 1 aliphatic rings. The Morgan fingerprint density at radius 1 is 1.22 bits per heavy atom. The molecule has 1 heterocycles. The van der Waals surface area contributed by atoms with Crippen LogP contribution in [-0.4, -0.2) is 34.2 Å². The van der Waals surface area contributed by atoms with Crippen LogP contribution in [0.5, 0.6) is 0 Å². The fraction of sp³-hybridized carbons (Fsp3) is 0.455. The zero-order valence-corrected chi connectivity index (χ0v) is 19.7. The molecule has 2 aromatic rings. The van der Waals surface area contributed by atoms with Gasteiger partial charge < -0.3 is 16.8 Å². The zero-order valence-electron chi connectivity index (χ0n) is 18.1. The van der Waals surface area contributed by atoms with E-state index in [-0.39, 0.29) is 34.1 Å². The Hall–Kier alpha value is -2.65. The summed E-state index contributed by atoms with van der Waals surface area (Å²) in [5.41, 5.74) is 11.6. The lowest BCUT2D eigenvalue weighted by Gasteiger charge is -2.33. The molecule has 3 rings (SSSR count). The van der Waals surface area contributed by atoms with Gasteiger partial charge in [0.25, 0.3) is 11.8 Å². The SMILES string of the molecule is CC(C)C[C@@H](C(=O)NC1CCCC1)N(C(=O)c1snc(C(N)=O)c1N)c1ccc(Cl)cc1. The van der Waals surface area contributed by atoms with Crippen LogP contribution in [0.2, 0.25) is 5.02 Å². The summed E-state index contributed by atoms with van der Waals surface area (Å²) >= 11 is 6.85. The number of anilines is 2. The van der Waals surface area contributed by atoms with Gasteiger partial charge in [0.15, 0.2) is 5.69 Å². The average Bonchev–Trinajstić information content (AvgIpc) is 3.37. The van der Waals surface area contributed by atoms with Crippen LogP contribution < -0.4 is 21.7 Å². The van der Waals surface area contributed by atoms with Crippen LogP contribution >= 0.6 is 23.1 Å². The molecule has 1 aliphatic carbocycles. The van der Waals surface area contributed by atoms with Crippen molar-refractivity contribution in [3.63, 3.8) is 0 Å². The Balaban J connectivity index is 2.04. The fourth-order valence-electron chi connectivity index (χ4n) is 3.92. The molecule has 3 amide bonds. The number of carbonyl (C=O) groups is 3. The highest BCUT2D eigenvalue weighted by Crippen LogP contribution is 2.30. The van der Waals surface area contributed by atoms with Gasteiger partial charge in [0.1, 0.15) is 10.9 Å². The van der Waals surface area contributed by atoms with Crippen LogP contribution in [0.25, 0.3) is 0 Å². The molecule has 5 N–H and O–H groups in total.